The minimum atomic E-state index is -1.28. The van der Waals surface area contributed by atoms with Crippen LogP contribution < -0.4 is 5.32 Å². The summed E-state index contributed by atoms with van der Waals surface area (Å²) in [5, 5.41) is 31.5. The molecule has 0 aromatic carbocycles. The molecule has 0 aromatic rings. The summed E-state index contributed by atoms with van der Waals surface area (Å²) in [7, 11) is 0. The highest BCUT2D eigenvalue weighted by Crippen LogP contribution is 2.22. The SMILES string of the molecule is CC(=O)N[C@@H]1[C@H](OCCC(C)C)O[C@@H](CO)[C@@H](O)[C@H]1O. The molecule has 0 bridgehead atoms. The number of amides is 1. The first-order valence-electron chi connectivity index (χ1n) is 6.88. The van der Waals surface area contributed by atoms with E-state index in [4.69, 9.17) is 14.6 Å². The Bertz CT molecular complexity index is 311. The molecular formula is C13H25NO6. The molecule has 0 aliphatic carbocycles. The van der Waals surface area contributed by atoms with Gasteiger partial charge < -0.3 is 30.1 Å². The maximum Gasteiger partial charge on any atom is 0.217 e. The normalized spacial score (nSPS) is 34.2. The lowest BCUT2D eigenvalue weighted by Crippen LogP contribution is -2.64. The fourth-order valence-corrected chi connectivity index (χ4v) is 2.03. The first kappa shape index (κ1) is 17.3. The van der Waals surface area contributed by atoms with E-state index in [1.54, 1.807) is 0 Å². The van der Waals surface area contributed by atoms with Crippen molar-refractivity contribution in [1.29, 1.82) is 0 Å². The van der Waals surface area contributed by atoms with E-state index in [0.29, 0.717) is 12.5 Å². The van der Waals surface area contributed by atoms with Gasteiger partial charge >= 0.3 is 0 Å². The Morgan fingerprint density at radius 2 is 2.00 bits per heavy atom. The van der Waals surface area contributed by atoms with E-state index in [-0.39, 0.29) is 5.91 Å². The molecular weight excluding hydrogens is 266 g/mol. The van der Waals surface area contributed by atoms with Gasteiger partial charge in [0.2, 0.25) is 5.91 Å². The lowest BCUT2D eigenvalue weighted by molar-refractivity contribution is -0.270. The summed E-state index contributed by atoms with van der Waals surface area (Å²) in [5.74, 6) is 0.0896. The Morgan fingerprint density at radius 3 is 2.50 bits per heavy atom. The van der Waals surface area contributed by atoms with Crippen molar-refractivity contribution >= 4 is 5.91 Å². The third-order valence-corrected chi connectivity index (χ3v) is 3.23. The molecule has 5 atom stereocenters. The largest absolute Gasteiger partial charge is 0.394 e. The number of hydrogen-bond acceptors (Lipinski definition) is 6. The predicted molar refractivity (Wildman–Crippen MR) is 70.8 cm³/mol. The zero-order valence-electron chi connectivity index (χ0n) is 12.2. The van der Waals surface area contributed by atoms with Crippen LogP contribution >= 0.6 is 0 Å². The van der Waals surface area contributed by atoms with E-state index in [1.165, 1.54) is 6.92 Å². The van der Waals surface area contributed by atoms with Gasteiger partial charge in [0.25, 0.3) is 0 Å². The molecule has 0 radical (unpaired) electrons. The van der Waals surface area contributed by atoms with E-state index in [9.17, 15) is 15.0 Å². The van der Waals surface area contributed by atoms with Crippen molar-refractivity contribution in [3.63, 3.8) is 0 Å². The van der Waals surface area contributed by atoms with Crippen LogP contribution in [-0.2, 0) is 14.3 Å². The van der Waals surface area contributed by atoms with Crippen LogP contribution in [0, 0.1) is 5.92 Å². The van der Waals surface area contributed by atoms with Gasteiger partial charge in [-0.05, 0) is 12.3 Å². The molecule has 0 unspecified atom stereocenters. The molecule has 118 valence electrons. The van der Waals surface area contributed by atoms with Crippen molar-refractivity contribution in [2.24, 2.45) is 5.92 Å². The van der Waals surface area contributed by atoms with Gasteiger partial charge in [0.1, 0.15) is 24.4 Å². The van der Waals surface area contributed by atoms with E-state index in [2.05, 4.69) is 5.32 Å². The fraction of sp³-hybridized carbons (Fsp3) is 0.923. The highest BCUT2D eigenvalue weighted by atomic mass is 16.7. The van der Waals surface area contributed by atoms with Crippen LogP contribution in [-0.4, -0.2) is 65.1 Å². The number of nitrogens with one attached hydrogen (secondary N) is 1. The van der Waals surface area contributed by atoms with Gasteiger partial charge in [-0.2, -0.15) is 0 Å². The van der Waals surface area contributed by atoms with Crippen molar-refractivity contribution in [3.05, 3.63) is 0 Å². The van der Waals surface area contributed by atoms with Crippen molar-refractivity contribution < 1.29 is 29.6 Å². The number of carbonyl (C=O) groups is 1. The highest BCUT2D eigenvalue weighted by molar-refractivity contribution is 5.73. The number of rotatable bonds is 6. The van der Waals surface area contributed by atoms with Crippen molar-refractivity contribution in [1.82, 2.24) is 5.32 Å². The number of aliphatic hydroxyl groups excluding tert-OH is 3. The number of carbonyl (C=O) groups excluding carboxylic acids is 1. The summed E-state index contributed by atoms with van der Waals surface area (Å²) in [6.45, 7) is 5.37. The molecule has 7 heteroatoms. The molecule has 0 saturated carbocycles. The second-order valence-electron chi connectivity index (χ2n) is 5.49. The van der Waals surface area contributed by atoms with Gasteiger partial charge in [-0.25, -0.2) is 0 Å². The third-order valence-electron chi connectivity index (χ3n) is 3.23. The molecule has 20 heavy (non-hydrogen) atoms. The number of aliphatic hydroxyl groups is 3. The van der Waals surface area contributed by atoms with Crippen LogP contribution in [0.1, 0.15) is 27.2 Å². The van der Waals surface area contributed by atoms with Gasteiger partial charge in [-0.15, -0.1) is 0 Å². The van der Waals surface area contributed by atoms with E-state index in [1.807, 2.05) is 13.8 Å². The average molecular weight is 291 g/mol. The molecule has 1 rings (SSSR count). The predicted octanol–water partition coefficient (Wildman–Crippen LogP) is -1.01. The van der Waals surface area contributed by atoms with Crippen LogP contribution in [0.25, 0.3) is 0 Å². The Kier molecular flexibility index (Phi) is 6.84. The fourth-order valence-electron chi connectivity index (χ4n) is 2.03. The second-order valence-corrected chi connectivity index (χ2v) is 5.49. The molecule has 7 nitrogen and oxygen atoms in total. The molecule has 4 N–H and O–H groups in total. The number of hydrogen-bond donors (Lipinski definition) is 4. The third kappa shape index (κ3) is 4.68. The first-order chi connectivity index (χ1) is 9.36. The maximum atomic E-state index is 11.2. The Labute approximate surface area is 118 Å². The van der Waals surface area contributed by atoms with Crippen LogP contribution in [0.15, 0.2) is 0 Å². The standard InChI is InChI=1S/C13H25NO6/c1-7(2)4-5-19-13-10(14-8(3)16)12(18)11(17)9(6-15)20-13/h7,9-13,15,17-18H,4-6H2,1-3H3,(H,14,16)/t9-,10-,11+,12-,13+/m0/s1. The molecule has 1 fully saturated rings. The van der Waals surface area contributed by atoms with Gasteiger partial charge in [0.15, 0.2) is 6.29 Å². The zero-order valence-corrected chi connectivity index (χ0v) is 12.2. The lowest BCUT2D eigenvalue weighted by Gasteiger charge is -2.42. The summed E-state index contributed by atoms with van der Waals surface area (Å²) in [6.07, 6.45) is -3.56. The molecule has 1 aliphatic rings. The molecule has 0 aromatic heterocycles. The van der Waals surface area contributed by atoms with Crippen LogP contribution in [0.2, 0.25) is 0 Å². The van der Waals surface area contributed by atoms with Gasteiger partial charge in [0.05, 0.1) is 13.2 Å². The average Bonchev–Trinajstić information content (AvgIpc) is 2.36. The highest BCUT2D eigenvalue weighted by Gasteiger charge is 2.45. The molecule has 1 saturated heterocycles. The smallest absolute Gasteiger partial charge is 0.217 e. The summed E-state index contributed by atoms with van der Waals surface area (Å²) in [4.78, 5) is 11.2. The summed E-state index contributed by atoms with van der Waals surface area (Å²) in [5.41, 5.74) is 0. The van der Waals surface area contributed by atoms with Crippen LogP contribution in [0.3, 0.4) is 0 Å². The topological polar surface area (TPSA) is 108 Å². The Morgan fingerprint density at radius 1 is 1.35 bits per heavy atom. The van der Waals surface area contributed by atoms with Crippen molar-refractivity contribution in [2.75, 3.05) is 13.2 Å². The summed E-state index contributed by atoms with van der Waals surface area (Å²) >= 11 is 0. The second kappa shape index (κ2) is 7.90. The van der Waals surface area contributed by atoms with Crippen molar-refractivity contribution in [3.8, 4) is 0 Å². The van der Waals surface area contributed by atoms with Gasteiger partial charge in [-0.3, -0.25) is 4.79 Å². The summed E-state index contributed by atoms with van der Waals surface area (Å²) in [6, 6.07) is -0.863. The summed E-state index contributed by atoms with van der Waals surface area (Å²) < 4.78 is 11.0. The minimum absolute atomic E-state index is 0.357. The maximum absolute atomic E-state index is 11.2. The molecule has 1 heterocycles. The molecule has 0 spiro atoms. The first-order valence-corrected chi connectivity index (χ1v) is 6.88. The van der Waals surface area contributed by atoms with Gasteiger partial charge in [0, 0.05) is 6.92 Å². The molecule has 1 amide bonds. The van der Waals surface area contributed by atoms with Crippen LogP contribution in [0.5, 0.6) is 0 Å². The minimum Gasteiger partial charge on any atom is -0.394 e. The Hall–Kier alpha value is -0.730. The lowest BCUT2D eigenvalue weighted by atomic mass is 9.97. The van der Waals surface area contributed by atoms with Crippen molar-refractivity contribution in [2.45, 2.75) is 57.8 Å². The van der Waals surface area contributed by atoms with E-state index in [0.717, 1.165) is 6.42 Å². The van der Waals surface area contributed by atoms with E-state index < -0.39 is 37.3 Å². The number of ether oxygens (including phenoxy) is 2. The monoisotopic (exact) mass is 291 g/mol. The molecule has 1 aliphatic heterocycles. The van der Waals surface area contributed by atoms with Gasteiger partial charge in [-0.1, -0.05) is 13.8 Å². The van der Waals surface area contributed by atoms with Crippen LogP contribution in [0.4, 0.5) is 0 Å². The Balaban J connectivity index is 2.70. The zero-order chi connectivity index (χ0) is 15.3. The van der Waals surface area contributed by atoms with E-state index >= 15 is 0 Å². The quantitative estimate of drug-likeness (QED) is 0.499.